The number of rotatable bonds is 4. The van der Waals surface area contributed by atoms with Crippen molar-refractivity contribution in [3.63, 3.8) is 0 Å². The first-order valence-electron chi connectivity index (χ1n) is 10.1. The number of nitrogens with zero attached hydrogens (tertiary/aromatic N) is 1. The van der Waals surface area contributed by atoms with Crippen LogP contribution in [0.15, 0.2) is 41.3 Å². The van der Waals surface area contributed by atoms with Gasteiger partial charge >= 0.3 is 0 Å². The van der Waals surface area contributed by atoms with Crippen LogP contribution < -0.4 is 24.2 Å². The molecule has 0 saturated carbocycles. The van der Waals surface area contributed by atoms with Gasteiger partial charge in [-0.1, -0.05) is 12.1 Å². The molecule has 3 heterocycles. The molecule has 0 aliphatic carbocycles. The topological polar surface area (TPSA) is 89.1 Å². The lowest BCUT2D eigenvalue weighted by atomic mass is 9.93. The van der Waals surface area contributed by atoms with Crippen LogP contribution in [0.1, 0.15) is 18.4 Å². The van der Waals surface area contributed by atoms with Crippen LogP contribution in [-0.4, -0.2) is 46.5 Å². The Morgan fingerprint density at radius 1 is 1.17 bits per heavy atom. The first kappa shape index (κ1) is 19.5. The molecule has 1 unspecified atom stereocenters. The van der Waals surface area contributed by atoms with E-state index in [2.05, 4.69) is 14.9 Å². The molecule has 2 N–H and O–H groups in total. The molecule has 2 aromatic rings. The third-order valence-electron chi connectivity index (χ3n) is 6.00. The van der Waals surface area contributed by atoms with Gasteiger partial charge in [0, 0.05) is 6.54 Å². The maximum absolute atomic E-state index is 12.6. The van der Waals surface area contributed by atoms with Crippen LogP contribution in [-0.2, 0) is 16.6 Å². The Labute approximate surface area is 176 Å². The molecule has 0 amide bonds. The molecule has 0 radical (unpaired) electrons. The number of ether oxygens (including phenoxy) is 3. The van der Waals surface area contributed by atoms with Crippen molar-refractivity contribution in [2.75, 3.05) is 32.3 Å². The van der Waals surface area contributed by atoms with Crippen LogP contribution in [0.25, 0.3) is 0 Å². The number of likely N-dealkylation sites (tertiary alicyclic amines) is 1. The number of hydrogen-bond donors (Lipinski definition) is 2. The molecule has 1 saturated heterocycles. The van der Waals surface area contributed by atoms with Gasteiger partial charge in [-0.2, -0.15) is 4.72 Å². The van der Waals surface area contributed by atoms with E-state index < -0.39 is 10.0 Å². The van der Waals surface area contributed by atoms with Crippen molar-refractivity contribution in [3.05, 3.63) is 42.0 Å². The van der Waals surface area contributed by atoms with E-state index in [0.717, 1.165) is 43.8 Å². The van der Waals surface area contributed by atoms with Gasteiger partial charge in [0.25, 0.3) is 0 Å². The van der Waals surface area contributed by atoms with Crippen molar-refractivity contribution < 1.29 is 22.6 Å². The molecule has 1 atom stereocenters. The number of piperidine rings is 1. The Morgan fingerprint density at radius 2 is 1.97 bits per heavy atom. The molecule has 0 spiro atoms. The Balaban J connectivity index is 1.24. The minimum absolute atomic E-state index is 0.216. The molecular weight excluding hydrogens is 406 g/mol. The Bertz CT molecular complexity index is 1050. The average molecular weight is 432 g/mol. The Morgan fingerprint density at radius 3 is 2.77 bits per heavy atom. The summed E-state index contributed by atoms with van der Waals surface area (Å²) in [7, 11) is -1.85. The van der Waals surface area contributed by atoms with Gasteiger partial charge in [-0.25, -0.2) is 8.42 Å². The SMILES string of the molecule is COc1cc(CN2CCC(C3Nc4ccccc4S(=O)(=O)N3)CC2)cc2c1OCO2. The second kappa shape index (κ2) is 7.64. The van der Waals surface area contributed by atoms with Crippen molar-refractivity contribution in [2.24, 2.45) is 5.92 Å². The molecule has 9 heteroatoms. The second-order valence-electron chi connectivity index (χ2n) is 7.88. The van der Waals surface area contributed by atoms with Crippen LogP contribution in [0.2, 0.25) is 0 Å². The van der Waals surface area contributed by atoms with Gasteiger partial charge in [-0.3, -0.25) is 4.90 Å². The molecule has 0 bridgehead atoms. The Hall–Kier alpha value is -2.49. The summed E-state index contributed by atoms with van der Waals surface area (Å²) >= 11 is 0. The van der Waals surface area contributed by atoms with Crippen LogP contribution in [0.5, 0.6) is 17.2 Å². The number of anilines is 1. The highest BCUT2D eigenvalue weighted by Gasteiger charge is 2.35. The quantitative estimate of drug-likeness (QED) is 0.768. The number of fused-ring (bicyclic) bond motifs is 2. The van der Waals surface area contributed by atoms with Gasteiger partial charge in [-0.05, 0) is 61.7 Å². The summed E-state index contributed by atoms with van der Waals surface area (Å²) in [5.41, 5.74) is 1.79. The third-order valence-corrected chi connectivity index (χ3v) is 7.50. The summed E-state index contributed by atoms with van der Waals surface area (Å²) in [6, 6.07) is 11.0. The normalized spacial score (nSPS) is 22.9. The van der Waals surface area contributed by atoms with Crippen LogP contribution in [0, 0.1) is 5.92 Å². The van der Waals surface area contributed by atoms with Gasteiger partial charge < -0.3 is 19.5 Å². The summed E-state index contributed by atoms with van der Waals surface area (Å²) < 4.78 is 44.4. The van der Waals surface area contributed by atoms with Gasteiger partial charge in [0.15, 0.2) is 11.5 Å². The average Bonchev–Trinajstić information content (AvgIpc) is 3.22. The lowest BCUT2D eigenvalue weighted by Gasteiger charge is -2.39. The van der Waals surface area contributed by atoms with Crippen molar-refractivity contribution in [2.45, 2.75) is 30.4 Å². The van der Waals surface area contributed by atoms with E-state index >= 15 is 0 Å². The fraction of sp³-hybridized carbons (Fsp3) is 0.429. The van der Waals surface area contributed by atoms with E-state index in [4.69, 9.17) is 14.2 Å². The molecule has 160 valence electrons. The first-order chi connectivity index (χ1) is 14.5. The van der Waals surface area contributed by atoms with Gasteiger partial charge in [0.2, 0.25) is 22.6 Å². The number of hydrogen-bond acceptors (Lipinski definition) is 7. The molecule has 3 aliphatic rings. The monoisotopic (exact) mass is 431 g/mol. The molecule has 8 nitrogen and oxygen atoms in total. The zero-order valence-electron chi connectivity index (χ0n) is 16.8. The van der Waals surface area contributed by atoms with Crippen molar-refractivity contribution in [1.82, 2.24) is 9.62 Å². The van der Waals surface area contributed by atoms with E-state index in [9.17, 15) is 8.42 Å². The molecule has 1 fully saturated rings. The molecule has 5 rings (SSSR count). The highest BCUT2D eigenvalue weighted by molar-refractivity contribution is 7.89. The van der Waals surface area contributed by atoms with Gasteiger partial charge in [0.05, 0.1) is 19.0 Å². The van der Waals surface area contributed by atoms with Crippen molar-refractivity contribution in [3.8, 4) is 17.2 Å². The van der Waals surface area contributed by atoms with Gasteiger partial charge in [0.1, 0.15) is 4.90 Å². The summed E-state index contributed by atoms with van der Waals surface area (Å²) in [4.78, 5) is 2.69. The fourth-order valence-corrected chi connectivity index (χ4v) is 5.83. The van der Waals surface area contributed by atoms with Crippen molar-refractivity contribution in [1.29, 1.82) is 0 Å². The largest absolute Gasteiger partial charge is 0.493 e. The standard InChI is InChI=1S/C21H25N3O5S/c1-27-17-10-14(11-18-20(17)29-13-28-18)12-24-8-6-15(7-9-24)21-22-16-4-2-3-5-19(16)30(25,26)23-21/h2-5,10-11,15,21-23H,6-9,12-13H2,1H3. The molecule has 2 aromatic carbocycles. The van der Waals surface area contributed by atoms with E-state index in [0.29, 0.717) is 22.1 Å². The number of benzene rings is 2. The number of nitrogens with one attached hydrogen (secondary N) is 2. The number of para-hydroxylation sites is 1. The first-order valence-corrected chi connectivity index (χ1v) is 11.6. The minimum Gasteiger partial charge on any atom is -0.493 e. The van der Waals surface area contributed by atoms with E-state index in [-0.39, 0.29) is 18.9 Å². The Kier molecular flexibility index (Phi) is 4.96. The maximum atomic E-state index is 12.6. The zero-order valence-corrected chi connectivity index (χ0v) is 17.6. The van der Waals surface area contributed by atoms with Crippen LogP contribution >= 0.6 is 0 Å². The summed E-state index contributed by atoms with van der Waals surface area (Å²) in [6.07, 6.45) is 1.53. The second-order valence-corrected chi connectivity index (χ2v) is 9.57. The molecule has 3 aliphatic heterocycles. The smallest absolute Gasteiger partial charge is 0.244 e. The number of methoxy groups -OCH3 is 1. The summed E-state index contributed by atoms with van der Waals surface area (Å²) in [5.74, 6) is 2.31. The minimum atomic E-state index is -3.48. The predicted octanol–water partition coefficient (Wildman–Crippen LogP) is 2.37. The summed E-state index contributed by atoms with van der Waals surface area (Å²) in [5, 5.41) is 3.37. The molecular formula is C21H25N3O5S. The van der Waals surface area contributed by atoms with E-state index in [1.807, 2.05) is 24.3 Å². The highest BCUT2D eigenvalue weighted by Crippen LogP contribution is 2.42. The highest BCUT2D eigenvalue weighted by atomic mass is 32.2. The van der Waals surface area contributed by atoms with Gasteiger partial charge in [-0.15, -0.1) is 0 Å². The zero-order chi connectivity index (χ0) is 20.7. The fourth-order valence-electron chi connectivity index (χ4n) is 4.44. The lowest BCUT2D eigenvalue weighted by Crippen LogP contribution is -2.51. The lowest BCUT2D eigenvalue weighted by molar-refractivity contribution is 0.163. The maximum Gasteiger partial charge on any atom is 0.244 e. The van der Waals surface area contributed by atoms with Crippen LogP contribution in [0.4, 0.5) is 5.69 Å². The van der Waals surface area contributed by atoms with Crippen LogP contribution in [0.3, 0.4) is 0 Å². The predicted molar refractivity (Wildman–Crippen MR) is 111 cm³/mol. The number of sulfonamides is 1. The molecule has 0 aromatic heterocycles. The van der Waals surface area contributed by atoms with E-state index in [1.165, 1.54) is 0 Å². The summed E-state index contributed by atoms with van der Waals surface area (Å²) in [6.45, 7) is 2.78. The third kappa shape index (κ3) is 3.57. The van der Waals surface area contributed by atoms with Crippen molar-refractivity contribution >= 4 is 15.7 Å². The van der Waals surface area contributed by atoms with E-state index in [1.54, 1.807) is 19.2 Å². The molecule has 30 heavy (non-hydrogen) atoms.